The summed E-state index contributed by atoms with van der Waals surface area (Å²) in [6.07, 6.45) is 5.90. The first-order chi connectivity index (χ1) is 18.4. The zero-order valence-corrected chi connectivity index (χ0v) is 22.9. The molecule has 0 saturated heterocycles. The molecule has 0 unspecified atom stereocenters. The summed E-state index contributed by atoms with van der Waals surface area (Å²) in [7, 11) is 0. The van der Waals surface area contributed by atoms with E-state index in [4.69, 9.17) is 4.74 Å². The van der Waals surface area contributed by atoms with Gasteiger partial charge in [-0.05, 0) is 61.9 Å². The van der Waals surface area contributed by atoms with Crippen molar-refractivity contribution in [2.24, 2.45) is 0 Å². The number of carbonyl (C=O) groups is 2. The third-order valence-corrected chi connectivity index (χ3v) is 7.39. The van der Waals surface area contributed by atoms with Crippen LogP contribution in [0.4, 0.5) is 0 Å². The maximum absolute atomic E-state index is 13.8. The summed E-state index contributed by atoms with van der Waals surface area (Å²) in [5.74, 6) is 0.402. The summed E-state index contributed by atoms with van der Waals surface area (Å²) in [6, 6.07) is 23.6. The Hall–Kier alpha value is -3.60. The third kappa shape index (κ3) is 7.70. The SMILES string of the molecule is Cc1ccc(CN(C(=O)COc2cc(C)ccc2C)[C@@H](Cc2ccccc2)C(=O)NC2CCCCC2)cc1. The minimum atomic E-state index is -0.643. The quantitative estimate of drug-likeness (QED) is 0.358. The van der Waals surface area contributed by atoms with Crippen LogP contribution in [0.25, 0.3) is 0 Å². The lowest BCUT2D eigenvalue weighted by molar-refractivity contribution is -0.143. The molecule has 2 amide bonds. The smallest absolute Gasteiger partial charge is 0.261 e. The molecule has 4 rings (SSSR count). The lowest BCUT2D eigenvalue weighted by Crippen LogP contribution is -2.53. The molecule has 5 heteroatoms. The van der Waals surface area contributed by atoms with Crippen LogP contribution in [0.2, 0.25) is 0 Å². The van der Waals surface area contributed by atoms with Crippen molar-refractivity contribution in [2.45, 2.75) is 77.9 Å². The number of ether oxygens (including phenoxy) is 1. The first-order valence-electron chi connectivity index (χ1n) is 13.8. The van der Waals surface area contributed by atoms with Crippen molar-refractivity contribution in [2.75, 3.05) is 6.61 Å². The van der Waals surface area contributed by atoms with Gasteiger partial charge in [-0.1, -0.05) is 91.6 Å². The van der Waals surface area contributed by atoms with Crippen molar-refractivity contribution in [3.63, 3.8) is 0 Å². The van der Waals surface area contributed by atoms with Crippen LogP contribution in [-0.4, -0.2) is 35.4 Å². The molecule has 1 fully saturated rings. The van der Waals surface area contributed by atoms with E-state index in [9.17, 15) is 9.59 Å². The highest BCUT2D eigenvalue weighted by Gasteiger charge is 2.32. The van der Waals surface area contributed by atoms with Gasteiger partial charge in [-0.3, -0.25) is 9.59 Å². The van der Waals surface area contributed by atoms with Crippen molar-refractivity contribution in [1.82, 2.24) is 10.2 Å². The molecular weight excluding hydrogens is 472 g/mol. The van der Waals surface area contributed by atoms with Gasteiger partial charge in [-0.15, -0.1) is 0 Å². The van der Waals surface area contributed by atoms with Crippen LogP contribution in [0.3, 0.4) is 0 Å². The number of nitrogens with one attached hydrogen (secondary N) is 1. The monoisotopic (exact) mass is 512 g/mol. The lowest BCUT2D eigenvalue weighted by atomic mass is 9.94. The van der Waals surface area contributed by atoms with E-state index in [0.29, 0.717) is 18.7 Å². The summed E-state index contributed by atoms with van der Waals surface area (Å²) in [4.78, 5) is 29.4. The zero-order valence-electron chi connectivity index (χ0n) is 22.9. The molecule has 0 radical (unpaired) electrons. The van der Waals surface area contributed by atoms with E-state index in [1.807, 2.05) is 93.6 Å². The van der Waals surface area contributed by atoms with Crippen molar-refractivity contribution in [3.05, 3.63) is 101 Å². The second-order valence-electron chi connectivity index (χ2n) is 10.6. The molecule has 0 heterocycles. The van der Waals surface area contributed by atoms with Crippen LogP contribution in [0.15, 0.2) is 72.8 Å². The average molecular weight is 513 g/mol. The Kier molecular flexibility index (Phi) is 9.58. The fraction of sp³-hybridized carbons (Fsp3) is 0.394. The van der Waals surface area contributed by atoms with Gasteiger partial charge in [0.25, 0.3) is 5.91 Å². The van der Waals surface area contributed by atoms with Gasteiger partial charge < -0.3 is 15.0 Å². The first-order valence-corrected chi connectivity index (χ1v) is 13.8. The molecule has 1 aliphatic carbocycles. The minimum Gasteiger partial charge on any atom is -0.483 e. The van der Waals surface area contributed by atoms with Crippen LogP contribution in [0.5, 0.6) is 5.75 Å². The topological polar surface area (TPSA) is 58.6 Å². The number of nitrogens with zero attached hydrogens (tertiary/aromatic N) is 1. The fourth-order valence-corrected chi connectivity index (χ4v) is 5.07. The average Bonchev–Trinajstić information content (AvgIpc) is 2.93. The summed E-state index contributed by atoms with van der Waals surface area (Å²) in [5.41, 5.74) is 5.21. The zero-order chi connectivity index (χ0) is 26.9. The molecule has 0 spiro atoms. The van der Waals surface area contributed by atoms with Crippen LogP contribution in [0.1, 0.15) is 59.9 Å². The van der Waals surface area contributed by atoms with E-state index in [1.54, 1.807) is 4.90 Å². The summed E-state index contributed by atoms with van der Waals surface area (Å²) >= 11 is 0. The van der Waals surface area contributed by atoms with Crippen LogP contribution in [-0.2, 0) is 22.6 Å². The van der Waals surface area contributed by atoms with Crippen LogP contribution in [0, 0.1) is 20.8 Å². The molecule has 0 aliphatic heterocycles. The fourth-order valence-electron chi connectivity index (χ4n) is 5.07. The standard InChI is InChI=1S/C33H40N2O3/c1-24-15-18-28(19-16-24)22-35(32(36)23-38-31-20-25(2)14-17-26(31)3)30(21-27-10-6-4-7-11-27)33(37)34-29-12-8-5-9-13-29/h4,6-7,10-11,14-20,29-30H,5,8-9,12-13,21-23H2,1-3H3,(H,34,37)/t30-/m0/s1. The number of rotatable bonds is 10. The summed E-state index contributed by atoms with van der Waals surface area (Å²) in [6.45, 7) is 6.23. The Balaban J connectivity index is 1.62. The Bertz CT molecular complexity index is 1200. The number of carbonyl (C=O) groups excluding carboxylic acids is 2. The van der Waals surface area contributed by atoms with E-state index in [0.717, 1.165) is 53.5 Å². The van der Waals surface area contributed by atoms with Crippen molar-refractivity contribution < 1.29 is 14.3 Å². The second kappa shape index (κ2) is 13.3. The molecule has 200 valence electrons. The maximum Gasteiger partial charge on any atom is 0.261 e. The van der Waals surface area contributed by atoms with Gasteiger partial charge in [0, 0.05) is 19.0 Å². The third-order valence-electron chi connectivity index (χ3n) is 7.39. The summed E-state index contributed by atoms with van der Waals surface area (Å²) in [5, 5.41) is 3.29. The molecule has 1 saturated carbocycles. The highest BCUT2D eigenvalue weighted by Crippen LogP contribution is 2.22. The molecule has 1 atom stereocenters. The number of hydrogen-bond acceptors (Lipinski definition) is 3. The van der Waals surface area contributed by atoms with Gasteiger partial charge in [0.05, 0.1) is 0 Å². The van der Waals surface area contributed by atoms with E-state index in [1.165, 1.54) is 6.42 Å². The van der Waals surface area contributed by atoms with Gasteiger partial charge in [0.15, 0.2) is 6.61 Å². The Morgan fingerprint density at radius 3 is 2.26 bits per heavy atom. The molecule has 1 N–H and O–H groups in total. The van der Waals surface area contributed by atoms with Crippen LogP contribution < -0.4 is 10.1 Å². The highest BCUT2D eigenvalue weighted by atomic mass is 16.5. The Morgan fingerprint density at radius 2 is 1.55 bits per heavy atom. The Labute approximate surface area is 227 Å². The highest BCUT2D eigenvalue weighted by molar-refractivity contribution is 5.88. The normalized spacial score (nSPS) is 14.5. The predicted molar refractivity (Wildman–Crippen MR) is 152 cm³/mol. The van der Waals surface area contributed by atoms with Crippen molar-refractivity contribution in [1.29, 1.82) is 0 Å². The van der Waals surface area contributed by atoms with E-state index in [2.05, 4.69) is 5.32 Å². The van der Waals surface area contributed by atoms with E-state index >= 15 is 0 Å². The van der Waals surface area contributed by atoms with Gasteiger partial charge >= 0.3 is 0 Å². The first kappa shape index (κ1) is 27.4. The number of aryl methyl sites for hydroxylation is 3. The van der Waals surface area contributed by atoms with E-state index < -0.39 is 6.04 Å². The van der Waals surface area contributed by atoms with Gasteiger partial charge in [0.2, 0.25) is 5.91 Å². The molecular formula is C33H40N2O3. The molecule has 3 aromatic rings. The largest absolute Gasteiger partial charge is 0.483 e. The van der Waals surface area contributed by atoms with Crippen LogP contribution >= 0.6 is 0 Å². The van der Waals surface area contributed by atoms with Crippen molar-refractivity contribution >= 4 is 11.8 Å². The minimum absolute atomic E-state index is 0.0899. The predicted octanol–water partition coefficient (Wildman–Crippen LogP) is 6.08. The second-order valence-corrected chi connectivity index (χ2v) is 10.6. The van der Waals surface area contributed by atoms with E-state index in [-0.39, 0.29) is 24.5 Å². The van der Waals surface area contributed by atoms with Gasteiger partial charge in [0.1, 0.15) is 11.8 Å². The molecule has 38 heavy (non-hydrogen) atoms. The van der Waals surface area contributed by atoms with Gasteiger partial charge in [-0.2, -0.15) is 0 Å². The molecule has 0 aromatic heterocycles. The van der Waals surface area contributed by atoms with Gasteiger partial charge in [-0.25, -0.2) is 0 Å². The van der Waals surface area contributed by atoms with Crippen molar-refractivity contribution in [3.8, 4) is 5.75 Å². The molecule has 5 nitrogen and oxygen atoms in total. The number of amides is 2. The Morgan fingerprint density at radius 1 is 0.868 bits per heavy atom. The lowest BCUT2D eigenvalue weighted by Gasteiger charge is -2.33. The number of benzene rings is 3. The maximum atomic E-state index is 13.8. The number of hydrogen-bond donors (Lipinski definition) is 1. The molecule has 0 bridgehead atoms. The molecule has 1 aliphatic rings. The molecule has 3 aromatic carbocycles. The summed E-state index contributed by atoms with van der Waals surface area (Å²) < 4.78 is 6.02.